The van der Waals surface area contributed by atoms with Crippen LogP contribution in [0.1, 0.15) is 39.2 Å². The van der Waals surface area contributed by atoms with Crippen molar-refractivity contribution >= 4 is 5.69 Å². The smallest absolute Gasteiger partial charge is 0.367 e. The fourth-order valence-electron chi connectivity index (χ4n) is 2.65. The summed E-state index contributed by atoms with van der Waals surface area (Å²) >= 11 is 0. The first-order chi connectivity index (χ1) is 9.67. The van der Waals surface area contributed by atoms with Crippen LogP contribution in [0.25, 0.3) is 0 Å². The third kappa shape index (κ3) is 4.37. The molecule has 1 aromatic carbocycles. The largest absolute Gasteiger partial charge is 0.416 e. The zero-order valence-electron chi connectivity index (χ0n) is 12.8. The van der Waals surface area contributed by atoms with Gasteiger partial charge in [0.05, 0.1) is 5.56 Å². The molecule has 1 N–H and O–H groups in total. The first-order valence-electron chi connectivity index (χ1n) is 7.36. The number of nitrogens with zero attached hydrogens (tertiary/aromatic N) is 1. The molecule has 1 saturated heterocycles. The summed E-state index contributed by atoms with van der Waals surface area (Å²) in [5, 5.41) is 3.48. The highest BCUT2D eigenvalue weighted by atomic mass is 19.4. The highest BCUT2D eigenvalue weighted by molar-refractivity contribution is 5.50. The van der Waals surface area contributed by atoms with Crippen LogP contribution in [-0.2, 0) is 6.18 Å². The fraction of sp³-hybridized carbons (Fsp3) is 0.625. The van der Waals surface area contributed by atoms with Crippen molar-refractivity contribution in [3.8, 4) is 0 Å². The van der Waals surface area contributed by atoms with Crippen molar-refractivity contribution in [2.24, 2.45) is 0 Å². The maximum Gasteiger partial charge on any atom is 0.416 e. The Bertz CT molecular complexity index is 460. The predicted octanol–water partition coefficient (Wildman–Crippen LogP) is 4.06. The normalized spacial score (nSPS) is 20.1. The lowest BCUT2D eigenvalue weighted by molar-refractivity contribution is -0.137. The van der Waals surface area contributed by atoms with Crippen molar-refractivity contribution in [3.63, 3.8) is 0 Å². The minimum atomic E-state index is -4.27. The van der Waals surface area contributed by atoms with Crippen LogP contribution < -0.4 is 10.2 Å². The Labute approximate surface area is 124 Å². The number of benzene rings is 1. The number of anilines is 1. The van der Waals surface area contributed by atoms with E-state index >= 15 is 0 Å². The van der Waals surface area contributed by atoms with Gasteiger partial charge in [-0.1, -0.05) is 0 Å². The van der Waals surface area contributed by atoms with E-state index in [1.165, 1.54) is 12.1 Å². The van der Waals surface area contributed by atoms with E-state index in [-0.39, 0.29) is 5.54 Å². The Morgan fingerprint density at radius 1 is 1.14 bits per heavy atom. The van der Waals surface area contributed by atoms with E-state index in [9.17, 15) is 13.2 Å². The van der Waals surface area contributed by atoms with Crippen LogP contribution in [-0.4, -0.2) is 24.7 Å². The monoisotopic (exact) mass is 300 g/mol. The number of alkyl halides is 3. The van der Waals surface area contributed by atoms with Crippen LogP contribution in [0.2, 0.25) is 0 Å². The van der Waals surface area contributed by atoms with Crippen LogP contribution in [0.4, 0.5) is 18.9 Å². The van der Waals surface area contributed by atoms with Gasteiger partial charge < -0.3 is 10.2 Å². The van der Waals surface area contributed by atoms with Gasteiger partial charge in [-0.3, -0.25) is 0 Å². The van der Waals surface area contributed by atoms with Crippen LogP contribution in [0.3, 0.4) is 0 Å². The molecule has 1 fully saturated rings. The number of hydrogen-bond acceptors (Lipinski definition) is 2. The zero-order chi connectivity index (χ0) is 15.7. The first-order valence-corrected chi connectivity index (χ1v) is 7.36. The fourth-order valence-corrected chi connectivity index (χ4v) is 2.65. The Kier molecular flexibility index (Phi) is 4.51. The van der Waals surface area contributed by atoms with Gasteiger partial charge in [0.15, 0.2) is 0 Å². The summed E-state index contributed by atoms with van der Waals surface area (Å²) < 4.78 is 37.8. The lowest BCUT2D eigenvalue weighted by Crippen LogP contribution is -2.45. The van der Waals surface area contributed by atoms with Crippen LogP contribution in [0, 0.1) is 0 Å². The molecule has 5 heteroatoms. The highest BCUT2D eigenvalue weighted by Gasteiger charge is 2.31. The molecular formula is C16H23F3N2. The molecule has 0 aliphatic carbocycles. The summed E-state index contributed by atoms with van der Waals surface area (Å²) in [6.07, 6.45) is -2.11. The molecule has 1 atom stereocenters. The van der Waals surface area contributed by atoms with E-state index in [0.717, 1.165) is 31.6 Å². The van der Waals surface area contributed by atoms with Gasteiger partial charge in [0.25, 0.3) is 0 Å². The molecular weight excluding hydrogens is 277 g/mol. The van der Waals surface area contributed by atoms with Gasteiger partial charge in [-0.15, -0.1) is 0 Å². The molecule has 0 aromatic heterocycles. The summed E-state index contributed by atoms with van der Waals surface area (Å²) in [7, 11) is 0. The van der Waals surface area contributed by atoms with Crippen molar-refractivity contribution < 1.29 is 13.2 Å². The maximum atomic E-state index is 12.6. The van der Waals surface area contributed by atoms with Crippen molar-refractivity contribution in [2.45, 2.75) is 51.4 Å². The molecule has 0 spiro atoms. The molecule has 118 valence electrons. The molecule has 1 aromatic rings. The molecule has 0 bridgehead atoms. The molecule has 2 nitrogen and oxygen atoms in total. The highest BCUT2D eigenvalue weighted by Crippen LogP contribution is 2.32. The number of nitrogens with one attached hydrogen (secondary N) is 1. The molecule has 0 saturated carbocycles. The molecule has 0 amide bonds. The van der Waals surface area contributed by atoms with Crippen molar-refractivity contribution in [1.29, 1.82) is 0 Å². The predicted molar refractivity (Wildman–Crippen MR) is 79.6 cm³/mol. The van der Waals surface area contributed by atoms with Gasteiger partial charge in [-0.05, 0) is 57.9 Å². The number of rotatable bonds is 3. The van der Waals surface area contributed by atoms with E-state index in [1.54, 1.807) is 12.1 Å². The molecule has 0 radical (unpaired) electrons. The lowest BCUT2D eigenvalue weighted by atomic mass is 10.1. The second-order valence-electron chi connectivity index (χ2n) is 6.66. The van der Waals surface area contributed by atoms with E-state index in [1.807, 2.05) is 0 Å². The van der Waals surface area contributed by atoms with Gasteiger partial charge >= 0.3 is 6.18 Å². The minimum Gasteiger partial charge on any atom is -0.367 e. The van der Waals surface area contributed by atoms with Crippen LogP contribution in [0.5, 0.6) is 0 Å². The van der Waals surface area contributed by atoms with Gasteiger partial charge in [0.1, 0.15) is 0 Å². The minimum absolute atomic E-state index is 0.0500. The summed E-state index contributed by atoms with van der Waals surface area (Å²) in [5.41, 5.74) is 0.338. The summed E-state index contributed by atoms with van der Waals surface area (Å²) in [6, 6.07) is 5.85. The average molecular weight is 300 g/mol. The molecule has 1 aliphatic rings. The van der Waals surface area contributed by atoms with Crippen molar-refractivity contribution in [2.75, 3.05) is 18.0 Å². The average Bonchev–Trinajstić information content (AvgIpc) is 2.83. The topological polar surface area (TPSA) is 15.3 Å². The molecule has 2 rings (SSSR count). The number of halogens is 3. The molecule has 1 unspecified atom stereocenters. The zero-order valence-corrected chi connectivity index (χ0v) is 12.8. The third-order valence-corrected chi connectivity index (χ3v) is 3.77. The van der Waals surface area contributed by atoms with E-state index in [4.69, 9.17) is 0 Å². The molecule has 1 heterocycles. The van der Waals surface area contributed by atoms with E-state index in [0.29, 0.717) is 6.04 Å². The first kappa shape index (κ1) is 16.1. The summed E-state index contributed by atoms with van der Waals surface area (Å²) in [6.45, 7) is 8.10. The Hall–Kier alpha value is -1.23. The molecule has 21 heavy (non-hydrogen) atoms. The maximum absolute atomic E-state index is 12.6. The van der Waals surface area contributed by atoms with E-state index < -0.39 is 11.7 Å². The second-order valence-corrected chi connectivity index (χ2v) is 6.66. The summed E-state index contributed by atoms with van der Waals surface area (Å²) in [4.78, 5) is 2.21. The second kappa shape index (κ2) is 5.87. The quantitative estimate of drug-likeness (QED) is 0.905. The summed E-state index contributed by atoms with van der Waals surface area (Å²) in [5.74, 6) is 0. The Morgan fingerprint density at radius 2 is 1.76 bits per heavy atom. The van der Waals surface area contributed by atoms with Crippen molar-refractivity contribution in [3.05, 3.63) is 29.8 Å². The number of hydrogen-bond donors (Lipinski definition) is 1. The van der Waals surface area contributed by atoms with Gasteiger partial charge in [0.2, 0.25) is 0 Å². The van der Waals surface area contributed by atoms with Crippen LogP contribution >= 0.6 is 0 Å². The van der Waals surface area contributed by atoms with E-state index in [2.05, 4.69) is 31.0 Å². The Morgan fingerprint density at radius 3 is 2.29 bits per heavy atom. The van der Waals surface area contributed by atoms with Crippen LogP contribution in [0.15, 0.2) is 24.3 Å². The Balaban J connectivity index is 2.06. The van der Waals surface area contributed by atoms with Gasteiger partial charge in [0, 0.05) is 30.4 Å². The SMILES string of the molecule is CC(C)(C)NCC1CCCN1c1ccc(C(F)(F)F)cc1. The third-order valence-electron chi connectivity index (χ3n) is 3.77. The lowest BCUT2D eigenvalue weighted by Gasteiger charge is -2.30. The van der Waals surface area contributed by atoms with Gasteiger partial charge in [-0.2, -0.15) is 13.2 Å². The van der Waals surface area contributed by atoms with Crippen molar-refractivity contribution in [1.82, 2.24) is 5.32 Å². The van der Waals surface area contributed by atoms with Gasteiger partial charge in [-0.25, -0.2) is 0 Å². The molecule has 1 aliphatic heterocycles. The standard InChI is InChI=1S/C16H23F3N2/c1-15(2,3)20-11-14-5-4-10-21(14)13-8-6-12(7-9-13)16(17,18)19/h6-9,14,20H,4-5,10-11H2,1-3H3.